The van der Waals surface area contributed by atoms with Crippen molar-refractivity contribution in [1.29, 1.82) is 0 Å². The standard InChI is InChI=1S/C15H22N2O/c1-3-11(2)9-17-15(18)14-8-12-6-4-5-7-13(12)10-16-14/h4-7,11,14,16H,3,8-10H2,1-2H3,(H,17,18)/t11?,14-/m0/s1. The summed E-state index contributed by atoms with van der Waals surface area (Å²) >= 11 is 0. The molecular weight excluding hydrogens is 224 g/mol. The number of carbonyl (C=O) groups is 1. The predicted molar refractivity (Wildman–Crippen MR) is 73.2 cm³/mol. The Kier molecular flexibility index (Phi) is 4.37. The lowest BCUT2D eigenvalue weighted by atomic mass is 9.95. The van der Waals surface area contributed by atoms with E-state index in [0.29, 0.717) is 5.92 Å². The molecule has 1 aliphatic heterocycles. The Morgan fingerprint density at radius 3 is 2.89 bits per heavy atom. The van der Waals surface area contributed by atoms with Gasteiger partial charge >= 0.3 is 0 Å². The van der Waals surface area contributed by atoms with E-state index in [2.05, 4.69) is 36.6 Å². The van der Waals surface area contributed by atoms with Crippen molar-refractivity contribution in [2.45, 2.75) is 39.3 Å². The first-order valence-electron chi connectivity index (χ1n) is 6.78. The highest BCUT2D eigenvalue weighted by Crippen LogP contribution is 2.16. The second kappa shape index (κ2) is 6.01. The van der Waals surface area contributed by atoms with Crippen LogP contribution in [0, 0.1) is 5.92 Å². The summed E-state index contributed by atoms with van der Waals surface area (Å²) in [6.45, 7) is 5.86. The summed E-state index contributed by atoms with van der Waals surface area (Å²) in [5, 5.41) is 6.34. The third-order valence-corrected chi connectivity index (χ3v) is 3.72. The second-order valence-corrected chi connectivity index (χ2v) is 5.16. The zero-order valence-electron chi connectivity index (χ0n) is 11.2. The van der Waals surface area contributed by atoms with Crippen LogP contribution in [0.25, 0.3) is 0 Å². The Hall–Kier alpha value is -1.35. The van der Waals surface area contributed by atoms with Crippen LogP contribution in [0.4, 0.5) is 0 Å². The summed E-state index contributed by atoms with van der Waals surface area (Å²) < 4.78 is 0. The molecule has 0 fully saturated rings. The number of fused-ring (bicyclic) bond motifs is 1. The van der Waals surface area contributed by atoms with E-state index >= 15 is 0 Å². The average Bonchev–Trinajstić information content (AvgIpc) is 2.43. The Balaban J connectivity index is 1.90. The summed E-state index contributed by atoms with van der Waals surface area (Å²) in [5.41, 5.74) is 2.60. The Morgan fingerprint density at radius 1 is 1.44 bits per heavy atom. The van der Waals surface area contributed by atoms with E-state index in [1.807, 2.05) is 12.1 Å². The van der Waals surface area contributed by atoms with Gasteiger partial charge in [0.15, 0.2) is 0 Å². The van der Waals surface area contributed by atoms with Gasteiger partial charge in [-0.25, -0.2) is 0 Å². The molecule has 0 saturated carbocycles. The minimum absolute atomic E-state index is 0.0797. The molecule has 98 valence electrons. The van der Waals surface area contributed by atoms with Gasteiger partial charge in [0.1, 0.15) is 0 Å². The van der Waals surface area contributed by atoms with Crippen molar-refractivity contribution in [3.05, 3.63) is 35.4 Å². The number of nitrogens with one attached hydrogen (secondary N) is 2. The predicted octanol–water partition coefficient (Wildman–Crippen LogP) is 1.86. The Labute approximate surface area is 109 Å². The second-order valence-electron chi connectivity index (χ2n) is 5.16. The highest BCUT2D eigenvalue weighted by molar-refractivity contribution is 5.82. The molecule has 1 aliphatic rings. The van der Waals surface area contributed by atoms with Crippen LogP contribution in [0.15, 0.2) is 24.3 Å². The average molecular weight is 246 g/mol. The van der Waals surface area contributed by atoms with E-state index in [0.717, 1.165) is 25.9 Å². The fourth-order valence-corrected chi connectivity index (χ4v) is 2.18. The van der Waals surface area contributed by atoms with Gasteiger partial charge in [-0.3, -0.25) is 4.79 Å². The fourth-order valence-electron chi connectivity index (χ4n) is 2.18. The molecule has 1 heterocycles. The molecule has 1 aromatic carbocycles. The van der Waals surface area contributed by atoms with Gasteiger partial charge in [-0.1, -0.05) is 44.5 Å². The first-order valence-corrected chi connectivity index (χ1v) is 6.78. The number of carbonyl (C=O) groups excluding carboxylic acids is 1. The molecule has 0 spiro atoms. The zero-order chi connectivity index (χ0) is 13.0. The van der Waals surface area contributed by atoms with Gasteiger partial charge in [-0.05, 0) is 23.5 Å². The smallest absolute Gasteiger partial charge is 0.237 e. The van der Waals surface area contributed by atoms with Gasteiger partial charge in [-0.15, -0.1) is 0 Å². The van der Waals surface area contributed by atoms with Crippen molar-refractivity contribution < 1.29 is 4.79 Å². The van der Waals surface area contributed by atoms with Crippen LogP contribution in [0.2, 0.25) is 0 Å². The van der Waals surface area contributed by atoms with E-state index in [4.69, 9.17) is 0 Å². The molecule has 2 rings (SSSR count). The number of benzene rings is 1. The van der Waals surface area contributed by atoms with Crippen LogP contribution in [-0.2, 0) is 17.8 Å². The maximum atomic E-state index is 12.1. The summed E-state index contributed by atoms with van der Waals surface area (Å²) in [5.74, 6) is 0.676. The van der Waals surface area contributed by atoms with Crippen molar-refractivity contribution in [3.8, 4) is 0 Å². The molecule has 0 aliphatic carbocycles. The number of rotatable bonds is 4. The maximum absolute atomic E-state index is 12.1. The summed E-state index contributed by atoms with van der Waals surface area (Å²) in [4.78, 5) is 12.1. The Morgan fingerprint density at radius 2 is 2.17 bits per heavy atom. The van der Waals surface area contributed by atoms with E-state index in [9.17, 15) is 4.79 Å². The van der Waals surface area contributed by atoms with Gasteiger partial charge in [0.2, 0.25) is 5.91 Å². The lowest BCUT2D eigenvalue weighted by Crippen LogP contribution is -2.48. The number of hydrogen-bond donors (Lipinski definition) is 2. The highest BCUT2D eigenvalue weighted by atomic mass is 16.2. The monoisotopic (exact) mass is 246 g/mol. The van der Waals surface area contributed by atoms with Crippen LogP contribution in [0.5, 0.6) is 0 Å². The van der Waals surface area contributed by atoms with Crippen LogP contribution in [0.1, 0.15) is 31.4 Å². The topological polar surface area (TPSA) is 41.1 Å². The quantitative estimate of drug-likeness (QED) is 0.851. The summed E-state index contributed by atoms with van der Waals surface area (Å²) in [7, 11) is 0. The molecule has 1 unspecified atom stereocenters. The minimum atomic E-state index is -0.0797. The molecule has 0 saturated heterocycles. The molecule has 0 aromatic heterocycles. The molecule has 18 heavy (non-hydrogen) atoms. The lowest BCUT2D eigenvalue weighted by molar-refractivity contribution is -0.123. The zero-order valence-corrected chi connectivity index (χ0v) is 11.2. The molecule has 1 amide bonds. The first-order chi connectivity index (χ1) is 8.70. The number of hydrogen-bond acceptors (Lipinski definition) is 2. The number of amides is 1. The molecule has 2 atom stereocenters. The molecule has 1 aromatic rings. The van der Waals surface area contributed by atoms with Crippen molar-refractivity contribution in [1.82, 2.24) is 10.6 Å². The molecule has 0 radical (unpaired) electrons. The molecular formula is C15H22N2O. The third kappa shape index (κ3) is 3.10. The molecule has 2 N–H and O–H groups in total. The summed E-state index contributed by atoms with van der Waals surface area (Å²) in [6, 6.07) is 8.24. The first kappa shape index (κ1) is 13.1. The van der Waals surface area contributed by atoms with E-state index in [-0.39, 0.29) is 11.9 Å². The van der Waals surface area contributed by atoms with Gasteiger partial charge < -0.3 is 10.6 Å². The van der Waals surface area contributed by atoms with E-state index < -0.39 is 0 Å². The summed E-state index contributed by atoms with van der Waals surface area (Å²) in [6.07, 6.45) is 1.89. The third-order valence-electron chi connectivity index (χ3n) is 3.72. The van der Waals surface area contributed by atoms with E-state index in [1.165, 1.54) is 11.1 Å². The van der Waals surface area contributed by atoms with Crippen LogP contribution < -0.4 is 10.6 Å². The van der Waals surface area contributed by atoms with Crippen LogP contribution in [-0.4, -0.2) is 18.5 Å². The normalized spacial score (nSPS) is 20.0. The van der Waals surface area contributed by atoms with Crippen molar-refractivity contribution in [2.24, 2.45) is 5.92 Å². The minimum Gasteiger partial charge on any atom is -0.354 e. The SMILES string of the molecule is CCC(C)CNC(=O)[C@@H]1Cc2ccccc2CN1. The van der Waals surface area contributed by atoms with Crippen molar-refractivity contribution >= 4 is 5.91 Å². The fraction of sp³-hybridized carbons (Fsp3) is 0.533. The lowest BCUT2D eigenvalue weighted by Gasteiger charge is -2.25. The van der Waals surface area contributed by atoms with Gasteiger partial charge in [0.05, 0.1) is 6.04 Å². The van der Waals surface area contributed by atoms with Gasteiger partial charge in [-0.2, -0.15) is 0 Å². The van der Waals surface area contributed by atoms with E-state index in [1.54, 1.807) is 0 Å². The maximum Gasteiger partial charge on any atom is 0.237 e. The van der Waals surface area contributed by atoms with Crippen LogP contribution in [0.3, 0.4) is 0 Å². The Bertz CT molecular complexity index is 417. The van der Waals surface area contributed by atoms with Crippen molar-refractivity contribution in [2.75, 3.05) is 6.54 Å². The molecule has 3 heteroatoms. The largest absolute Gasteiger partial charge is 0.354 e. The molecule has 0 bridgehead atoms. The highest BCUT2D eigenvalue weighted by Gasteiger charge is 2.23. The molecule has 3 nitrogen and oxygen atoms in total. The van der Waals surface area contributed by atoms with Crippen LogP contribution >= 0.6 is 0 Å². The van der Waals surface area contributed by atoms with Crippen molar-refractivity contribution in [3.63, 3.8) is 0 Å². The van der Waals surface area contributed by atoms with Gasteiger partial charge in [0.25, 0.3) is 0 Å². The van der Waals surface area contributed by atoms with Gasteiger partial charge in [0, 0.05) is 13.1 Å².